The zero-order valence-electron chi connectivity index (χ0n) is 43.5. The van der Waals surface area contributed by atoms with Crippen LogP contribution >= 0.6 is 0 Å². The van der Waals surface area contributed by atoms with Gasteiger partial charge in [0.2, 0.25) is 0 Å². The molecule has 0 bridgehead atoms. The van der Waals surface area contributed by atoms with Crippen molar-refractivity contribution in [1.29, 1.82) is 0 Å². The average Bonchev–Trinajstić information content (AvgIpc) is 3.97. The van der Waals surface area contributed by atoms with Crippen molar-refractivity contribution in [2.24, 2.45) is 0 Å². The molecule has 3 aromatic heterocycles. The molecule has 11 aromatic rings. The second kappa shape index (κ2) is 20.1. The van der Waals surface area contributed by atoms with Gasteiger partial charge in [-0.25, -0.2) is 0 Å². The van der Waals surface area contributed by atoms with Crippen molar-refractivity contribution in [3.63, 3.8) is 0 Å². The molecule has 8 aromatic carbocycles. The van der Waals surface area contributed by atoms with Gasteiger partial charge in [-0.1, -0.05) is 186 Å². The third-order valence-corrected chi connectivity index (χ3v) is 14.6. The zero-order chi connectivity index (χ0) is 50.3. The first kappa shape index (κ1) is 44.2. The van der Waals surface area contributed by atoms with Gasteiger partial charge in [0.25, 0.3) is 0 Å². The number of hydrogen-bond donors (Lipinski definition) is 0. The molecule has 70 heavy (non-hydrogen) atoms. The van der Waals surface area contributed by atoms with Crippen molar-refractivity contribution >= 4 is 46.4 Å². The monoisotopic (exact) mass is 1110 g/mol. The van der Waals surface area contributed by atoms with Crippen LogP contribution in [0.15, 0.2) is 187 Å². The quantitative estimate of drug-likeness (QED) is 0.107. The van der Waals surface area contributed by atoms with Crippen LogP contribution in [0.3, 0.4) is 0 Å². The Hall–Kier alpha value is -7.02. The molecule has 0 N–H and O–H groups in total. The second-order valence-corrected chi connectivity index (χ2v) is 24.3. The molecule has 0 amide bonds. The summed E-state index contributed by atoms with van der Waals surface area (Å²) in [4.78, 5) is 14.4. The molecular weight excluding hydrogens is 1050 g/mol. The Bertz CT molecular complexity index is 3700. The minimum absolute atomic E-state index is 0. The van der Waals surface area contributed by atoms with Crippen LogP contribution in [-0.4, -0.2) is 27.6 Å². The molecule has 1 radical (unpaired) electrons. The van der Waals surface area contributed by atoms with E-state index in [1.165, 1.54) is 33.5 Å². The van der Waals surface area contributed by atoms with E-state index in [0.717, 1.165) is 60.8 Å². The van der Waals surface area contributed by atoms with Gasteiger partial charge in [0.15, 0.2) is 0 Å². The van der Waals surface area contributed by atoms with E-state index in [9.17, 15) is 0 Å². The Balaban J connectivity index is 0.000000207. The number of furan rings is 1. The van der Waals surface area contributed by atoms with Crippen LogP contribution in [0, 0.1) is 19.0 Å². The average molecular weight is 1110 g/mol. The third-order valence-electron chi connectivity index (χ3n) is 12.8. The molecule has 0 aliphatic rings. The molecule has 3 heterocycles. The maximum atomic E-state index is 7.84. The molecule has 0 saturated heterocycles. The molecular formula is C63H56IrN4OSi-2. The molecule has 11 rings (SSSR count). The van der Waals surface area contributed by atoms with Gasteiger partial charge in [-0.15, -0.1) is 47.5 Å². The predicted octanol–water partition coefficient (Wildman–Crippen LogP) is 16.4. The van der Waals surface area contributed by atoms with E-state index in [2.05, 4.69) is 184 Å². The van der Waals surface area contributed by atoms with Gasteiger partial charge in [-0.2, -0.15) is 0 Å². The Morgan fingerprint density at radius 1 is 0.614 bits per heavy atom. The molecule has 349 valence electrons. The van der Waals surface area contributed by atoms with Crippen LogP contribution in [0.1, 0.15) is 60.3 Å². The number of aromatic nitrogens is 4. The summed E-state index contributed by atoms with van der Waals surface area (Å²) in [6.45, 7) is 13.6. The number of imidazole rings is 1. The van der Waals surface area contributed by atoms with Gasteiger partial charge in [0.05, 0.1) is 28.3 Å². The van der Waals surface area contributed by atoms with Crippen molar-refractivity contribution in [2.75, 3.05) is 0 Å². The minimum atomic E-state index is -2.21. The van der Waals surface area contributed by atoms with E-state index in [-0.39, 0.29) is 37.5 Å². The van der Waals surface area contributed by atoms with Gasteiger partial charge >= 0.3 is 0 Å². The molecule has 0 aliphatic carbocycles. The number of fused-ring (bicyclic) bond motifs is 4. The Morgan fingerprint density at radius 3 is 1.89 bits per heavy atom. The summed E-state index contributed by atoms with van der Waals surface area (Å²) in [6.07, 6.45) is 1.77. The molecule has 0 fully saturated rings. The van der Waals surface area contributed by atoms with Crippen LogP contribution in [0.25, 0.3) is 94.8 Å². The normalized spacial score (nSPS) is 12.4. The summed E-state index contributed by atoms with van der Waals surface area (Å²) in [5.74, 6) is 1.99. The number of rotatable bonds is 9. The van der Waals surface area contributed by atoms with E-state index in [1.54, 1.807) is 12.3 Å². The molecule has 0 spiro atoms. The number of benzene rings is 8. The standard InChI is InChI=1S/C43H35N2O.C20H21N2Si.Ir/c1-27(2)36-24-32(30-16-9-6-10-17-30)25-37(28(3)4)41(36)45-39-21-12-11-20-38(39)44-43(45)35-19-13-18-34-33-23-22-31(26-40(33)46-42(34)35)29-14-7-5-8-15-29;1-15-10-11-17(14-18(15)16-8-6-5-7-9-16)20-21-13-12-19(22-20)23(2,3)4;/h5-18,20-28H,1-4H3;5-10,12-14H,1-4H3;/q2*-1;/i;1D3;. The summed E-state index contributed by atoms with van der Waals surface area (Å²) in [5.41, 5.74) is 15.6. The Kier molecular flexibility index (Phi) is 12.7. The first-order valence-corrected chi connectivity index (χ1v) is 27.2. The summed E-state index contributed by atoms with van der Waals surface area (Å²) < 4.78 is 32.6. The van der Waals surface area contributed by atoms with Crippen molar-refractivity contribution < 1.29 is 28.6 Å². The van der Waals surface area contributed by atoms with E-state index >= 15 is 0 Å². The van der Waals surface area contributed by atoms with Crippen molar-refractivity contribution in [1.82, 2.24) is 19.5 Å². The van der Waals surface area contributed by atoms with Gasteiger partial charge in [0, 0.05) is 46.8 Å². The summed E-state index contributed by atoms with van der Waals surface area (Å²) in [6, 6.07) is 66.4. The first-order chi connectivity index (χ1) is 34.6. The summed E-state index contributed by atoms with van der Waals surface area (Å²) in [5, 5.41) is 3.22. The van der Waals surface area contributed by atoms with Gasteiger partial charge in [-0.3, -0.25) is 15.0 Å². The van der Waals surface area contributed by atoms with Crippen LogP contribution in [0.4, 0.5) is 0 Å². The maximum absolute atomic E-state index is 7.84. The zero-order valence-corrected chi connectivity index (χ0v) is 43.9. The van der Waals surface area contributed by atoms with Crippen LogP contribution in [0.5, 0.6) is 0 Å². The molecule has 7 heteroatoms. The van der Waals surface area contributed by atoms with Crippen LogP contribution < -0.4 is 5.32 Å². The van der Waals surface area contributed by atoms with Gasteiger partial charge in [0.1, 0.15) is 13.7 Å². The Labute approximate surface area is 430 Å². The first-order valence-electron chi connectivity index (χ1n) is 25.2. The molecule has 5 nitrogen and oxygen atoms in total. The fraction of sp³-hybridized carbons (Fsp3) is 0.159. The smallest absolute Gasteiger partial charge is 0.121 e. The summed E-state index contributed by atoms with van der Waals surface area (Å²) in [7, 11) is -1.57. The fourth-order valence-electron chi connectivity index (χ4n) is 9.14. The van der Waals surface area contributed by atoms with Gasteiger partial charge < -0.3 is 8.98 Å². The number of hydrogen-bond acceptors (Lipinski definition) is 4. The van der Waals surface area contributed by atoms with E-state index in [0.29, 0.717) is 17.0 Å². The van der Waals surface area contributed by atoms with Crippen molar-refractivity contribution in [3.8, 4) is 61.8 Å². The van der Waals surface area contributed by atoms with Crippen molar-refractivity contribution in [3.05, 3.63) is 211 Å². The van der Waals surface area contributed by atoms with E-state index < -0.39 is 14.9 Å². The number of para-hydroxylation sites is 2. The van der Waals surface area contributed by atoms with E-state index in [4.69, 9.17) is 18.5 Å². The molecule has 0 aliphatic heterocycles. The van der Waals surface area contributed by atoms with Crippen LogP contribution in [-0.2, 0) is 20.1 Å². The summed E-state index contributed by atoms with van der Waals surface area (Å²) >= 11 is 0. The number of aryl methyl sites for hydroxylation is 1. The predicted molar refractivity (Wildman–Crippen MR) is 291 cm³/mol. The fourth-order valence-corrected chi connectivity index (χ4v) is 10.2. The topological polar surface area (TPSA) is 56.7 Å². The third kappa shape index (κ3) is 9.50. The minimum Gasteiger partial charge on any atom is -0.501 e. The molecule has 0 unspecified atom stereocenters. The Morgan fingerprint density at radius 2 is 1.24 bits per heavy atom. The molecule has 0 saturated carbocycles. The SMILES string of the molecule is CC(C)c1cc(-c2ccccc2)cc(C(C)C)c1-n1c(-c2[c-]ccc3c2oc2cc(-c4ccccc4)ccc23)nc2ccccc21.[2H]C([2H])([2H])c1c[c-]c(-c2nccc([Si](C)(C)C)n2)cc1-c1ccccc1.[Ir]. The van der Waals surface area contributed by atoms with Gasteiger partial charge in [-0.05, 0) is 87.2 Å². The van der Waals surface area contributed by atoms with Crippen LogP contribution in [0.2, 0.25) is 19.6 Å². The van der Waals surface area contributed by atoms with E-state index in [1.807, 2.05) is 54.6 Å². The second-order valence-electron chi connectivity index (χ2n) is 19.3. The molecule has 0 atom stereocenters. The van der Waals surface area contributed by atoms with Crippen molar-refractivity contribution in [2.45, 2.75) is 66.0 Å². The maximum Gasteiger partial charge on any atom is 0.121 e. The number of nitrogens with zero attached hydrogens (tertiary/aromatic N) is 4. The largest absolute Gasteiger partial charge is 0.501 e.